The summed E-state index contributed by atoms with van der Waals surface area (Å²) in [6, 6.07) is 3.72. The molecule has 1 aromatic heterocycles. The summed E-state index contributed by atoms with van der Waals surface area (Å²) in [6.45, 7) is 4.57. The van der Waals surface area contributed by atoms with Gasteiger partial charge in [-0.25, -0.2) is 0 Å². The molecule has 0 bridgehead atoms. The third-order valence-electron chi connectivity index (χ3n) is 2.32. The summed E-state index contributed by atoms with van der Waals surface area (Å²) in [5.74, 6) is 0.888. The zero-order valence-corrected chi connectivity index (χ0v) is 9.64. The molecule has 0 aliphatic carbocycles. The average molecular weight is 226 g/mol. The number of hydrogen-bond donors (Lipinski definition) is 2. The molecule has 0 aliphatic heterocycles. The van der Waals surface area contributed by atoms with Crippen molar-refractivity contribution < 1.29 is 14.3 Å². The van der Waals surface area contributed by atoms with Gasteiger partial charge in [0.25, 0.3) is 0 Å². The molecular weight excluding hydrogens is 208 g/mol. The van der Waals surface area contributed by atoms with Gasteiger partial charge in [0.2, 0.25) is 5.91 Å². The molecule has 16 heavy (non-hydrogen) atoms. The maximum atomic E-state index is 10.9. The molecule has 0 aromatic carbocycles. The first-order valence-electron chi connectivity index (χ1n) is 5.23. The van der Waals surface area contributed by atoms with E-state index in [0.717, 1.165) is 5.76 Å². The molecule has 0 atom stereocenters. The van der Waals surface area contributed by atoms with E-state index in [9.17, 15) is 4.79 Å². The molecule has 1 amide bonds. The Morgan fingerprint density at radius 1 is 1.50 bits per heavy atom. The predicted molar refractivity (Wildman–Crippen MR) is 59.4 cm³/mol. The fraction of sp³-hybridized carbons (Fsp3) is 0.545. The van der Waals surface area contributed by atoms with Crippen molar-refractivity contribution in [3.8, 4) is 0 Å². The Hall–Kier alpha value is -1.33. The summed E-state index contributed by atoms with van der Waals surface area (Å²) in [4.78, 5) is 12.8. The maximum absolute atomic E-state index is 10.9. The molecule has 0 saturated heterocycles. The van der Waals surface area contributed by atoms with Crippen LogP contribution in [0.4, 0.5) is 0 Å². The molecule has 1 heterocycles. The van der Waals surface area contributed by atoms with Crippen molar-refractivity contribution in [2.75, 3.05) is 6.54 Å². The summed E-state index contributed by atoms with van der Waals surface area (Å²) in [7, 11) is 0. The SMILES string of the molecule is CC(C)N(CC(N)=O)Cc1ccc(CO)o1. The van der Waals surface area contributed by atoms with E-state index >= 15 is 0 Å². The zero-order chi connectivity index (χ0) is 12.1. The van der Waals surface area contributed by atoms with E-state index in [1.54, 1.807) is 12.1 Å². The Morgan fingerprint density at radius 3 is 2.56 bits per heavy atom. The highest BCUT2D eigenvalue weighted by Gasteiger charge is 2.14. The van der Waals surface area contributed by atoms with Crippen molar-refractivity contribution in [3.05, 3.63) is 23.7 Å². The smallest absolute Gasteiger partial charge is 0.231 e. The second-order valence-corrected chi connectivity index (χ2v) is 3.99. The van der Waals surface area contributed by atoms with Gasteiger partial charge in [0, 0.05) is 6.04 Å². The lowest BCUT2D eigenvalue weighted by Gasteiger charge is -2.23. The molecule has 90 valence electrons. The Labute approximate surface area is 94.8 Å². The predicted octanol–water partition coefficient (Wildman–Crippen LogP) is 0.468. The lowest BCUT2D eigenvalue weighted by Crippen LogP contribution is -2.37. The molecule has 0 unspecified atom stereocenters. The van der Waals surface area contributed by atoms with E-state index in [2.05, 4.69) is 0 Å². The number of hydrogen-bond acceptors (Lipinski definition) is 4. The van der Waals surface area contributed by atoms with Gasteiger partial charge in [-0.3, -0.25) is 9.69 Å². The lowest BCUT2D eigenvalue weighted by atomic mass is 10.3. The summed E-state index contributed by atoms with van der Waals surface area (Å²) in [6.07, 6.45) is 0. The summed E-state index contributed by atoms with van der Waals surface area (Å²) in [5.41, 5.74) is 5.16. The molecule has 1 aromatic rings. The van der Waals surface area contributed by atoms with Gasteiger partial charge in [-0.1, -0.05) is 0 Å². The van der Waals surface area contributed by atoms with Crippen LogP contribution in [0.3, 0.4) is 0 Å². The minimum atomic E-state index is -0.359. The van der Waals surface area contributed by atoms with E-state index in [-0.39, 0.29) is 25.1 Å². The van der Waals surface area contributed by atoms with Crippen molar-refractivity contribution in [1.29, 1.82) is 0 Å². The number of furan rings is 1. The average Bonchev–Trinajstić information content (AvgIpc) is 2.63. The van der Waals surface area contributed by atoms with Crippen LogP contribution in [-0.2, 0) is 17.9 Å². The van der Waals surface area contributed by atoms with Gasteiger partial charge in [0.05, 0.1) is 13.1 Å². The van der Waals surface area contributed by atoms with Crippen LogP contribution < -0.4 is 5.73 Å². The van der Waals surface area contributed by atoms with Crippen LogP contribution in [-0.4, -0.2) is 28.5 Å². The zero-order valence-electron chi connectivity index (χ0n) is 9.64. The van der Waals surface area contributed by atoms with Crippen LogP contribution >= 0.6 is 0 Å². The van der Waals surface area contributed by atoms with Crippen molar-refractivity contribution in [2.24, 2.45) is 5.73 Å². The normalized spacial score (nSPS) is 11.3. The van der Waals surface area contributed by atoms with E-state index in [4.69, 9.17) is 15.3 Å². The monoisotopic (exact) mass is 226 g/mol. The number of rotatable bonds is 6. The molecule has 3 N–H and O–H groups in total. The molecule has 0 aliphatic rings. The topological polar surface area (TPSA) is 79.7 Å². The van der Waals surface area contributed by atoms with Gasteiger partial charge in [-0.2, -0.15) is 0 Å². The number of aliphatic hydroxyl groups excluding tert-OH is 1. The second kappa shape index (κ2) is 5.67. The number of aliphatic hydroxyl groups is 1. The van der Waals surface area contributed by atoms with Gasteiger partial charge in [-0.05, 0) is 26.0 Å². The molecule has 0 spiro atoms. The Kier molecular flexibility index (Phi) is 4.52. The van der Waals surface area contributed by atoms with E-state index < -0.39 is 0 Å². The molecule has 0 fully saturated rings. The number of amides is 1. The minimum absolute atomic E-state index is 0.114. The Balaban J connectivity index is 2.63. The number of carbonyl (C=O) groups excluding carboxylic acids is 1. The van der Waals surface area contributed by atoms with Gasteiger partial charge in [0.1, 0.15) is 18.1 Å². The minimum Gasteiger partial charge on any atom is -0.462 e. The van der Waals surface area contributed by atoms with Crippen molar-refractivity contribution in [3.63, 3.8) is 0 Å². The van der Waals surface area contributed by atoms with Crippen LogP contribution in [0.25, 0.3) is 0 Å². The van der Waals surface area contributed by atoms with E-state index in [0.29, 0.717) is 12.3 Å². The van der Waals surface area contributed by atoms with Crippen molar-refractivity contribution >= 4 is 5.91 Å². The molecule has 0 saturated carbocycles. The lowest BCUT2D eigenvalue weighted by molar-refractivity contribution is -0.119. The van der Waals surface area contributed by atoms with Gasteiger partial charge < -0.3 is 15.3 Å². The van der Waals surface area contributed by atoms with Crippen LogP contribution in [0.15, 0.2) is 16.5 Å². The first-order valence-corrected chi connectivity index (χ1v) is 5.23. The third-order valence-corrected chi connectivity index (χ3v) is 2.32. The van der Waals surface area contributed by atoms with Gasteiger partial charge in [-0.15, -0.1) is 0 Å². The molecule has 5 nitrogen and oxygen atoms in total. The largest absolute Gasteiger partial charge is 0.462 e. The molecule has 1 rings (SSSR count). The molecule has 5 heteroatoms. The standard InChI is InChI=1S/C11H18N2O3/c1-8(2)13(6-11(12)15)5-9-3-4-10(7-14)16-9/h3-4,8,14H,5-7H2,1-2H3,(H2,12,15). The highest BCUT2D eigenvalue weighted by molar-refractivity contribution is 5.75. The Bertz CT molecular complexity index is 347. The Morgan fingerprint density at radius 2 is 2.12 bits per heavy atom. The van der Waals surface area contributed by atoms with Crippen LogP contribution in [0.2, 0.25) is 0 Å². The van der Waals surface area contributed by atoms with Gasteiger partial charge >= 0.3 is 0 Å². The second-order valence-electron chi connectivity index (χ2n) is 3.99. The third kappa shape index (κ3) is 3.67. The molecule has 0 radical (unpaired) electrons. The van der Waals surface area contributed by atoms with E-state index in [1.165, 1.54) is 0 Å². The summed E-state index contributed by atoms with van der Waals surface area (Å²) in [5, 5.41) is 8.86. The highest BCUT2D eigenvalue weighted by Crippen LogP contribution is 2.12. The van der Waals surface area contributed by atoms with Crippen LogP contribution in [0.5, 0.6) is 0 Å². The number of primary amides is 1. The first-order chi connectivity index (χ1) is 7.52. The van der Waals surface area contributed by atoms with Crippen molar-refractivity contribution in [1.82, 2.24) is 4.90 Å². The van der Waals surface area contributed by atoms with Crippen LogP contribution in [0.1, 0.15) is 25.4 Å². The number of nitrogens with zero attached hydrogens (tertiary/aromatic N) is 1. The van der Waals surface area contributed by atoms with Crippen molar-refractivity contribution in [2.45, 2.75) is 33.0 Å². The summed E-state index contributed by atoms with van der Waals surface area (Å²) < 4.78 is 5.35. The highest BCUT2D eigenvalue weighted by atomic mass is 16.4. The quantitative estimate of drug-likeness (QED) is 0.739. The first kappa shape index (κ1) is 12.7. The number of carbonyl (C=O) groups is 1. The maximum Gasteiger partial charge on any atom is 0.231 e. The fourth-order valence-electron chi connectivity index (χ4n) is 1.41. The number of nitrogens with two attached hydrogens (primary N) is 1. The fourth-order valence-corrected chi connectivity index (χ4v) is 1.41. The van der Waals surface area contributed by atoms with Gasteiger partial charge in [0.15, 0.2) is 0 Å². The summed E-state index contributed by atoms with van der Waals surface area (Å²) >= 11 is 0. The van der Waals surface area contributed by atoms with Crippen LogP contribution in [0, 0.1) is 0 Å². The molecular formula is C11H18N2O3. The van der Waals surface area contributed by atoms with E-state index in [1.807, 2.05) is 18.7 Å².